The SMILES string of the molecule is F/C=C/CCCCC[C@H]1CC[C@H](C2CCC(c3ccc(F)c(F)c3)CC2)CC1. The lowest BCUT2D eigenvalue weighted by atomic mass is 9.68. The first-order valence-corrected chi connectivity index (χ1v) is 11.4. The summed E-state index contributed by atoms with van der Waals surface area (Å²) in [7, 11) is 0. The van der Waals surface area contributed by atoms with Crippen LogP contribution in [-0.4, -0.2) is 0 Å². The Morgan fingerprint density at radius 1 is 0.786 bits per heavy atom. The second kappa shape index (κ2) is 11.1. The van der Waals surface area contributed by atoms with Gasteiger partial charge in [-0.2, -0.15) is 0 Å². The summed E-state index contributed by atoms with van der Waals surface area (Å²) < 4.78 is 38.6. The van der Waals surface area contributed by atoms with Crippen molar-refractivity contribution in [2.75, 3.05) is 0 Å². The van der Waals surface area contributed by atoms with Gasteiger partial charge in [-0.15, -0.1) is 0 Å². The van der Waals surface area contributed by atoms with Crippen LogP contribution in [-0.2, 0) is 0 Å². The molecule has 0 radical (unpaired) electrons. The summed E-state index contributed by atoms with van der Waals surface area (Å²) in [5, 5.41) is 0. The highest BCUT2D eigenvalue weighted by Crippen LogP contribution is 2.44. The molecule has 0 N–H and O–H groups in total. The quantitative estimate of drug-likeness (QED) is 0.389. The Morgan fingerprint density at radius 2 is 1.46 bits per heavy atom. The third-order valence-corrected chi connectivity index (χ3v) is 7.32. The summed E-state index contributed by atoms with van der Waals surface area (Å²) in [5.41, 5.74) is 0.975. The molecule has 0 bridgehead atoms. The molecule has 1 aromatic rings. The van der Waals surface area contributed by atoms with Crippen molar-refractivity contribution in [2.45, 2.75) is 89.4 Å². The van der Waals surface area contributed by atoms with Crippen LogP contribution in [0.2, 0.25) is 0 Å². The second-order valence-electron chi connectivity index (χ2n) is 9.07. The summed E-state index contributed by atoms with van der Waals surface area (Å²) in [6, 6.07) is 4.44. The predicted octanol–water partition coefficient (Wildman–Crippen LogP) is 8.48. The average molecular weight is 393 g/mol. The Kier molecular flexibility index (Phi) is 8.48. The minimum atomic E-state index is -0.745. The molecule has 0 aromatic heterocycles. The standard InChI is InChI=1S/C25H35F3/c26-17-5-3-1-2-4-6-19-7-9-20(10-8-19)21-11-13-22(14-12-21)23-15-16-24(27)25(28)18-23/h5,15-22H,1-4,6-14H2/b17-5+/t19-,20-,21?,22?. The van der Waals surface area contributed by atoms with E-state index in [0.717, 1.165) is 49.0 Å². The Hall–Kier alpha value is -1.25. The third-order valence-electron chi connectivity index (χ3n) is 7.32. The first-order valence-electron chi connectivity index (χ1n) is 11.4. The van der Waals surface area contributed by atoms with Crippen molar-refractivity contribution in [3.63, 3.8) is 0 Å². The van der Waals surface area contributed by atoms with Crippen LogP contribution in [0.1, 0.15) is 95.0 Å². The zero-order valence-electron chi connectivity index (χ0n) is 17.0. The molecule has 0 unspecified atom stereocenters. The Balaban J connectivity index is 1.34. The molecule has 28 heavy (non-hydrogen) atoms. The highest BCUT2D eigenvalue weighted by molar-refractivity contribution is 5.22. The molecular formula is C25H35F3. The first-order chi connectivity index (χ1) is 13.7. The highest BCUT2D eigenvalue weighted by atomic mass is 19.2. The van der Waals surface area contributed by atoms with Gasteiger partial charge in [-0.25, -0.2) is 13.2 Å². The van der Waals surface area contributed by atoms with Gasteiger partial charge in [-0.3, -0.25) is 0 Å². The number of benzene rings is 1. The Morgan fingerprint density at radius 3 is 2.11 bits per heavy atom. The third kappa shape index (κ3) is 6.12. The van der Waals surface area contributed by atoms with Gasteiger partial charge in [0, 0.05) is 0 Å². The summed E-state index contributed by atoms with van der Waals surface area (Å²) >= 11 is 0. The molecule has 156 valence electrons. The molecule has 1 aromatic carbocycles. The molecule has 3 heteroatoms. The van der Waals surface area contributed by atoms with E-state index in [-0.39, 0.29) is 0 Å². The van der Waals surface area contributed by atoms with Crippen LogP contribution in [0, 0.1) is 29.4 Å². The van der Waals surface area contributed by atoms with Crippen molar-refractivity contribution in [1.29, 1.82) is 0 Å². The zero-order chi connectivity index (χ0) is 19.8. The number of hydrogen-bond acceptors (Lipinski definition) is 0. The van der Waals surface area contributed by atoms with E-state index in [1.165, 1.54) is 69.9 Å². The fourth-order valence-electron chi connectivity index (χ4n) is 5.57. The van der Waals surface area contributed by atoms with Crippen LogP contribution < -0.4 is 0 Å². The van der Waals surface area contributed by atoms with Crippen LogP contribution >= 0.6 is 0 Å². The molecule has 2 saturated carbocycles. The molecule has 2 aliphatic rings. The fourth-order valence-corrected chi connectivity index (χ4v) is 5.57. The average Bonchev–Trinajstić information content (AvgIpc) is 2.73. The van der Waals surface area contributed by atoms with E-state index in [9.17, 15) is 13.2 Å². The zero-order valence-corrected chi connectivity index (χ0v) is 17.0. The lowest BCUT2D eigenvalue weighted by Crippen LogP contribution is -2.25. The Labute approximate surface area is 168 Å². The lowest BCUT2D eigenvalue weighted by Gasteiger charge is -2.38. The van der Waals surface area contributed by atoms with Crippen molar-refractivity contribution in [3.8, 4) is 0 Å². The van der Waals surface area contributed by atoms with E-state index in [1.54, 1.807) is 12.1 Å². The Bertz CT molecular complexity index is 608. The highest BCUT2D eigenvalue weighted by Gasteiger charge is 2.31. The lowest BCUT2D eigenvalue weighted by molar-refractivity contribution is 0.155. The molecule has 0 amide bonds. The molecule has 2 aliphatic carbocycles. The monoisotopic (exact) mass is 392 g/mol. The molecular weight excluding hydrogens is 357 g/mol. The van der Waals surface area contributed by atoms with Crippen molar-refractivity contribution in [1.82, 2.24) is 0 Å². The molecule has 0 aliphatic heterocycles. The van der Waals surface area contributed by atoms with Crippen molar-refractivity contribution >= 4 is 0 Å². The maximum atomic E-state index is 13.5. The van der Waals surface area contributed by atoms with Gasteiger partial charge >= 0.3 is 0 Å². The minimum absolute atomic E-state index is 0.398. The summed E-state index contributed by atoms with van der Waals surface area (Å²) in [6.45, 7) is 0. The molecule has 0 heterocycles. The number of hydrogen-bond donors (Lipinski definition) is 0. The number of unbranched alkanes of at least 4 members (excludes halogenated alkanes) is 3. The van der Waals surface area contributed by atoms with Crippen LogP contribution in [0.15, 0.2) is 30.6 Å². The van der Waals surface area contributed by atoms with Crippen molar-refractivity contribution in [3.05, 3.63) is 47.8 Å². The van der Waals surface area contributed by atoms with Crippen molar-refractivity contribution < 1.29 is 13.2 Å². The van der Waals surface area contributed by atoms with E-state index < -0.39 is 11.6 Å². The smallest absolute Gasteiger partial charge is 0.159 e. The summed E-state index contributed by atoms with van der Waals surface area (Å²) in [5.74, 6) is 1.54. The van der Waals surface area contributed by atoms with Gasteiger partial charge in [-0.1, -0.05) is 44.2 Å². The van der Waals surface area contributed by atoms with E-state index >= 15 is 0 Å². The van der Waals surface area contributed by atoms with Crippen LogP contribution in [0.4, 0.5) is 13.2 Å². The van der Waals surface area contributed by atoms with Gasteiger partial charge in [0.2, 0.25) is 0 Å². The maximum Gasteiger partial charge on any atom is 0.159 e. The fraction of sp³-hybridized carbons (Fsp3) is 0.680. The van der Waals surface area contributed by atoms with Gasteiger partial charge in [0.15, 0.2) is 11.6 Å². The normalized spacial score (nSPS) is 28.7. The second-order valence-corrected chi connectivity index (χ2v) is 9.07. The largest absolute Gasteiger partial charge is 0.216 e. The number of halogens is 3. The number of rotatable bonds is 8. The molecule has 0 nitrogen and oxygen atoms in total. The van der Waals surface area contributed by atoms with Gasteiger partial charge in [0.25, 0.3) is 0 Å². The van der Waals surface area contributed by atoms with E-state index in [0.29, 0.717) is 12.2 Å². The first kappa shape index (κ1) is 21.5. The van der Waals surface area contributed by atoms with E-state index in [1.807, 2.05) is 0 Å². The van der Waals surface area contributed by atoms with Gasteiger partial charge in [0.05, 0.1) is 6.33 Å². The summed E-state index contributed by atoms with van der Waals surface area (Å²) in [4.78, 5) is 0. The predicted molar refractivity (Wildman–Crippen MR) is 110 cm³/mol. The number of allylic oxidation sites excluding steroid dienone is 1. The minimum Gasteiger partial charge on any atom is -0.216 e. The van der Waals surface area contributed by atoms with E-state index in [4.69, 9.17) is 0 Å². The van der Waals surface area contributed by atoms with Crippen LogP contribution in [0.5, 0.6) is 0 Å². The molecule has 0 spiro atoms. The van der Waals surface area contributed by atoms with Crippen LogP contribution in [0.25, 0.3) is 0 Å². The van der Waals surface area contributed by atoms with Gasteiger partial charge in [-0.05, 0) is 92.7 Å². The van der Waals surface area contributed by atoms with Crippen LogP contribution in [0.3, 0.4) is 0 Å². The van der Waals surface area contributed by atoms with Gasteiger partial charge < -0.3 is 0 Å². The van der Waals surface area contributed by atoms with Crippen molar-refractivity contribution in [2.24, 2.45) is 17.8 Å². The molecule has 0 atom stereocenters. The van der Waals surface area contributed by atoms with Gasteiger partial charge in [0.1, 0.15) is 0 Å². The molecule has 0 saturated heterocycles. The molecule has 2 fully saturated rings. The maximum absolute atomic E-state index is 13.5. The molecule has 3 rings (SSSR count). The van der Waals surface area contributed by atoms with E-state index in [2.05, 4.69) is 0 Å². The topological polar surface area (TPSA) is 0 Å². The summed E-state index contributed by atoms with van der Waals surface area (Å²) in [6.07, 6.45) is 18.3.